The summed E-state index contributed by atoms with van der Waals surface area (Å²) in [5.41, 5.74) is 6.79. The maximum atomic E-state index is 5.83. The Kier molecular flexibility index (Phi) is 3.25. The van der Waals surface area contributed by atoms with Crippen molar-refractivity contribution in [2.75, 3.05) is 36.8 Å². The van der Waals surface area contributed by atoms with Crippen LogP contribution < -0.4 is 10.6 Å². The Morgan fingerprint density at radius 2 is 2.00 bits per heavy atom. The summed E-state index contributed by atoms with van der Waals surface area (Å²) in [5, 5.41) is 0. The number of hydrogen-bond donors (Lipinski definition) is 1. The van der Waals surface area contributed by atoms with Gasteiger partial charge in [0.05, 0.1) is 0 Å². The first-order valence-corrected chi connectivity index (χ1v) is 8.27. The summed E-state index contributed by atoms with van der Waals surface area (Å²) in [5.74, 6) is 3.18. The number of fused-ring (bicyclic) bond motifs is 4. The van der Waals surface area contributed by atoms with E-state index in [9.17, 15) is 0 Å². The van der Waals surface area contributed by atoms with Crippen LogP contribution in [0.4, 0.5) is 11.8 Å². The molecule has 5 heteroatoms. The van der Waals surface area contributed by atoms with Crippen molar-refractivity contribution in [3.8, 4) is 0 Å². The summed E-state index contributed by atoms with van der Waals surface area (Å²) >= 11 is 0. The third-order valence-electron chi connectivity index (χ3n) is 5.20. The minimum atomic E-state index is 0.399. The molecule has 3 aliphatic heterocycles. The zero-order valence-electron chi connectivity index (χ0n) is 12.8. The fraction of sp³-hybridized carbons (Fsp3) is 0.750. The van der Waals surface area contributed by atoms with Crippen LogP contribution in [-0.2, 0) is 0 Å². The average Bonchev–Trinajstić information content (AvgIpc) is 3.24. The van der Waals surface area contributed by atoms with Crippen molar-refractivity contribution in [2.45, 2.75) is 38.6 Å². The van der Waals surface area contributed by atoms with Crippen LogP contribution in [0, 0.1) is 18.8 Å². The first-order valence-electron chi connectivity index (χ1n) is 8.27. The van der Waals surface area contributed by atoms with Crippen LogP contribution in [0.2, 0.25) is 0 Å². The molecule has 0 amide bonds. The third kappa shape index (κ3) is 2.84. The summed E-state index contributed by atoms with van der Waals surface area (Å²) in [6, 6.07) is 2.77. The average molecular weight is 287 g/mol. The molecule has 1 aromatic rings. The molecule has 3 saturated heterocycles. The van der Waals surface area contributed by atoms with Gasteiger partial charge in [-0.3, -0.25) is 4.90 Å². The fourth-order valence-corrected chi connectivity index (χ4v) is 3.96. The summed E-state index contributed by atoms with van der Waals surface area (Å²) in [6.45, 7) is 6.80. The van der Waals surface area contributed by atoms with E-state index in [0.717, 1.165) is 36.4 Å². The summed E-state index contributed by atoms with van der Waals surface area (Å²) in [7, 11) is 0. The van der Waals surface area contributed by atoms with Gasteiger partial charge in [-0.2, -0.15) is 4.98 Å². The highest BCUT2D eigenvalue weighted by molar-refractivity contribution is 5.44. The zero-order chi connectivity index (χ0) is 14.4. The van der Waals surface area contributed by atoms with Crippen molar-refractivity contribution >= 4 is 11.8 Å². The van der Waals surface area contributed by atoms with Gasteiger partial charge < -0.3 is 10.6 Å². The SMILES string of the molecule is Cc1cc(N2C[C@H]3CC[C@@H](C2)N(CC2CC2)C3)nc(N)n1. The number of nitrogens with two attached hydrogens (primary N) is 1. The molecule has 0 unspecified atom stereocenters. The molecule has 4 fully saturated rings. The van der Waals surface area contributed by atoms with Crippen LogP contribution in [-0.4, -0.2) is 47.1 Å². The number of anilines is 2. The van der Waals surface area contributed by atoms with Crippen LogP contribution in [0.1, 0.15) is 31.4 Å². The standard InChI is InChI=1S/C16H25N5/c1-11-6-15(19-16(17)18-11)21-9-13-4-5-14(10-21)20(8-13)7-12-2-3-12/h6,12-14H,2-5,7-10H2,1H3,(H2,17,18,19)/t13-,14-/m0/s1. The molecule has 5 rings (SSSR count). The van der Waals surface area contributed by atoms with Gasteiger partial charge in [-0.15, -0.1) is 0 Å². The quantitative estimate of drug-likeness (QED) is 0.916. The molecule has 2 bridgehead atoms. The Hall–Kier alpha value is -1.36. The molecule has 1 saturated carbocycles. The number of nitrogen functional groups attached to an aromatic ring is 1. The molecule has 4 heterocycles. The van der Waals surface area contributed by atoms with Gasteiger partial charge in [0.2, 0.25) is 5.95 Å². The van der Waals surface area contributed by atoms with E-state index in [-0.39, 0.29) is 0 Å². The first-order chi connectivity index (χ1) is 10.2. The highest BCUT2D eigenvalue weighted by atomic mass is 15.3. The second kappa shape index (κ2) is 5.13. The van der Waals surface area contributed by atoms with E-state index in [4.69, 9.17) is 5.73 Å². The normalized spacial score (nSPS) is 29.7. The predicted octanol–water partition coefficient (Wildman–Crippen LogP) is 1.68. The van der Waals surface area contributed by atoms with Crippen LogP contribution in [0.5, 0.6) is 0 Å². The highest BCUT2D eigenvalue weighted by Gasteiger charge is 2.37. The predicted molar refractivity (Wildman–Crippen MR) is 84.2 cm³/mol. The highest BCUT2D eigenvalue weighted by Crippen LogP contribution is 2.35. The molecule has 4 aliphatic rings. The number of piperidine rings is 1. The monoisotopic (exact) mass is 287 g/mol. The van der Waals surface area contributed by atoms with E-state index in [2.05, 4.69) is 25.8 Å². The Bertz CT molecular complexity index is 507. The summed E-state index contributed by atoms with van der Waals surface area (Å²) < 4.78 is 0. The number of rotatable bonds is 3. The first kappa shape index (κ1) is 13.3. The van der Waals surface area contributed by atoms with Crippen LogP contribution in [0.15, 0.2) is 6.07 Å². The van der Waals surface area contributed by atoms with Crippen LogP contribution in [0.3, 0.4) is 0 Å². The molecule has 1 aromatic heterocycles. The Morgan fingerprint density at radius 3 is 2.76 bits per heavy atom. The van der Waals surface area contributed by atoms with Gasteiger partial charge in [-0.25, -0.2) is 4.98 Å². The topological polar surface area (TPSA) is 58.3 Å². The van der Waals surface area contributed by atoms with Crippen molar-refractivity contribution < 1.29 is 0 Å². The number of nitrogens with zero attached hydrogens (tertiary/aromatic N) is 4. The van der Waals surface area contributed by atoms with Gasteiger partial charge in [0, 0.05) is 44.0 Å². The van der Waals surface area contributed by atoms with E-state index in [0.29, 0.717) is 12.0 Å². The Labute approximate surface area is 126 Å². The Balaban J connectivity index is 1.54. The lowest BCUT2D eigenvalue weighted by atomic mass is 9.95. The van der Waals surface area contributed by atoms with E-state index >= 15 is 0 Å². The number of aryl methyl sites for hydroxylation is 1. The van der Waals surface area contributed by atoms with Gasteiger partial charge in [-0.05, 0) is 44.4 Å². The molecule has 0 spiro atoms. The van der Waals surface area contributed by atoms with Crippen molar-refractivity contribution in [1.82, 2.24) is 14.9 Å². The molecule has 5 nitrogen and oxygen atoms in total. The van der Waals surface area contributed by atoms with E-state index in [1.807, 2.05) is 6.92 Å². The van der Waals surface area contributed by atoms with Crippen molar-refractivity contribution in [3.63, 3.8) is 0 Å². The fourth-order valence-electron chi connectivity index (χ4n) is 3.96. The van der Waals surface area contributed by atoms with Gasteiger partial charge in [0.15, 0.2) is 0 Å². The lowest BCUT2D eigenvalue weighted by molar-refractivity contribution is 0.128. The molecular formula is C16H25N5. The van der Waals surface area contributed by atoms with Crippen LogP contribution in [0.25, 0.3) is 0 Å². The molecule has 2 atom stereocenters. The number of hydrogen-bond acceptors (Lipinski definition) is 5. The lowest BCUT2D eigenvalue weighted by Crippen LogP contribution is -2.44. The van der Waals surface area contributed by atoms with Gasteiger partial charge in [0.25, 0.3) is 0 Å². The molecule has 2 N–H and O–H groups in total. The molecule has 21 heavy (non-hydrogen) atoms. The molecule has 1 aliphatic carbocycles. The largest absolute Gasteiger partial charge is 0.368 e. The Morgan fingerprint density at radius 1 is 1.14 bits per heavy atom. The lowest BCUT2D eigenvalue weighted by Gasteiger charge is -2.36. The zero-order valence-corrected chi connectivity index (χ0v) is 12.8. The van der Waals surface area contributed by atoms with E-state index < -0.39 is 0 Å². The smallest absolute Gasteiger partial charge is 0.222 e. The number of aromatic nitrogens is 2. The van der Waals surface area contributed by atoms with E-state index in [1.165, 1.54) is 38.8 Å². The van der Waals surface area contributed by atoms with Crippen LogP contribution >= 0.6 is 0 Å². The van der Waals surface area contributed by atoms with Gasteiger partial charge in [-0.1, -0.05) is 0 Å². The van der Waals surface area contributed by atoms with E-state index in [1.54, 1.807) is 0 Å². The second-order valence-electron chi connectivity index (χ2n) is 7.13. The molecule has 0 radical (unpaired) electrons. The maximum absolute atomic E-state index is 5.83. The van der Waals surface area contributed by atoms with Gasteiger partial charge in [0.1, 0.15) is 5.82 Å². The minimum Gasteiger partial charge on any atom is -0.368 e. The molecule has 114 valence electrons. The third-order valence-corrected chi connectivity index (χ3v) is 5.20. The molecule has 0 aromatic carbocycles. The molecular weight excluding hydrogens is 262 g/mol. The van der Waals surface area contributed by atoms with Crippen molar-refractivity contribution in [2.24, 2.45) is 11.8 Å². The van der Waals surface area contributed by atoms with Crippen molar-refractivity contribution in [3.05, 3.63) is 11.8 Å². The van der Waals surface area contributed by atoms with Crippen molar-refractivity contribution in [1.29, 1.82) is 0 Å². The maximum Gasteiger partial charge on any atom is 0.222 e. The minimum absolute atomic E-state index is 0.399. The van der Waals surface area contributed by atoms with Gasteiger partial charge >= 0.3 is 0 Å². The summed E-state index contributed by atoms with van der Waals surface area (Å²) in [4.78, 5) is 13.9. The second-order valence-corrected chi connectivity index (χ2v) is 7.13. The summed E-state index contributed by atoms with van der Waals surface area (Å²) in [6.07, 6.45) is 5.59.